The van der Waals surface area contributed by atoms with Gasteiger partial charge in [-0.15, -0.1) is 0 Å². The topological polar surface area (TPSA) is 73.7 Å². The molecule has 0 saturated heterocycles. The Balaban J connectivity index is 1.35. The number of fused-ring (bicyclic) bond motifs is 1. The van der Waals surface area contributed by atoms with Crippen molar-refractivity contribution in [2.24, 2.45) is 4.99 Å². The largest absolute Gasteiger partial charge is 0.416 e. The number of aryl methyl sites for hydroxylation is 1. The molecule has 3 aromatic rings. The van der Waals surface area contributed by atoms with E-state index in [4.69, 9.17) is 0 Å². The fraction of sp³-hybridized carbons (Fsp3) is 0.172. The molecule has 39 heavy (non-hydrogen) atoms. The molecule has 7 nitrogen and oxygen atoms in total. The smallest absolute Gasteiger partial charge is 0.377 e. The number of aliphatic imine (C=N–C) groups is 1. The zero-order valence-electron chi connectivity index (χ0n) is 21.2. The molecule has 2 aromatic carbocycles. The van der Waals surface area contributed by atoms with E-state index in [1.54, 1.807) is 58.7 Å². The summed E-state index contributed by atoms with van der Waals surface area (Å²) in [6, 6.07) is 13.7. The van der Waals surface area contributed by atoms with Crippen molar-refractivity contribution in [3.63, 3.8) is 0 Å². The summed E-state index contributed by atoms with van der Waals surface area (Å²) in [4.78, 5) is 17.4. The number of carbonyl (C=O) groups is 1. The van der Waals surface area contributed by atoms with Crippen molar-refractivity contribution >= 4 is 29.3 Å². The lowest BCUT2D eigenvalue weighted by atomic mass is 10.0. The van der Waals surface area contributed by atoms with Crippen LogP contribution < -0.4 is 16.1 Å². The van der Waals surface area contributed by atoms with Gasteiger partial charge in [0.15, 0.2) is 5.82 Å². The van der Waals surface area contributed by atoms with E-state index in [0.29, 0.717) is 17.9 Å². The molecule has 3 heterocycles. The Kier molecular flexibility index (Phi) is 6.90. The van der Waals surface area contributed by atoms with E-state index in [9.17, 15) is 18.0 Å². The minimum absolute atomic E-state index is 0.00465. The average molecular weight is 531 g/mol. The standard InChI is InChI=1S/C29H25F3N6O/c1-19-7-14-38(35-17-19)18-23-5-6-24(16-25(23)29(30,31)32)36-28(39)22-4-3-20(2)21(15-22)8-12-37-13-9-26-27(37)34-11-10-33-26/h3-7,9,11,13-17,33,35H,10,18H2,1-2H3,(H,36,39). The van der Waals surface area contributed by atoms with E-state index in [2.05, 4.69) is 33.0 Å². The third-order valence-corrected chi connectivity index (χ3v) is 6.26. The molecule has 2 aliphatic rings. The van der Waals surface area contributed by atoms with Gasteiger partial charge in [-0.2, -0.15) is 13.2 Å². The van der Waals surface area contributed by atoms with Crippen LogP contribution in [0.25, 0.3) is 0 Å². The number of alkyl halides is 3. The molecule has 0 bridgehead atoms. The molecule has 10 heteroatoms. The predicted molar refractivity (Wildman–Crippen MR) is 146 cm³/mol. The summed E-state index contributed by atoms with van der Waals surface area (Å²) >= 11 is 0. The first-order valence-corrected chi connectivity index (χ1v) is 12.2. The molecule has 0 fully saturated rings. The molecular formula is C29H25F3N6O. The zero-order chi connectivity index (χ0) is 27.6. The number of hydrogen-bond donors (Lipinski definition) is 3. The summed E-state index contributed by atoms with van der Waals surface area (Å²) in [6.45, 7) is 4.40. The van der Waals surface area contributed by atoms with Crippen molar-refractivity contribution in [3.8, 4) is 12.0 Å². The Morgan fingerprint density at radius 1 is 1.15 bits per heavy atom. The van der Waals surface area contributed by atoms with E-state index in [1.807, 2.05) is 19.9 Å². The highest BCUT2D eigenvalue weighted by Gasteiger charge is 2.34. The first-order chi connectivity index (χ1) is 18.7. The fourth-order valence-corrected chi connectivity index (χ4v) is 4.11. The van der Waals surface area contributed by atoms with Crippen LogP contribution in [0.15, 0.2) is 77.7 Å². The van der Waals surface area contributed by atoms with Crippen molar-refractivity contribution in [1.29, 1.82) is 0 Å². The van der Waals surface area contributed by atoms with Crippen LogP contribution in [-0.4, -0.2) is 28.2 Å². The second kappa shape index (κ2) is 10.5. The van der Waals surface area contributed by atoms with E-state index < -0.39 is 17.6 Å². The Morgan fingerprint density at radius 3 is 2.77 bits per heavy atom. The second-order valence-electron chi connectivity index (χ2n) is 9.17. The van der Waals surface area contributed by atoms with Crippen LogP contribution in [0, 0.1) is 18.9 Å². The Bertz CT molecular complexity index is 1590. The minimum atomic E-state index is -4.59. The van der Waals surface area contributed by atoms with Gasteiger partial charge in [-0.3, -0.25) is 14.4 Å². The lowest BCUT2D eigenvalue weighted by molar-refractivity contribution is -0.138. The summed E-state index contributed by atoms with van der Waals surface area (Å²) in [5, 5.41) is 7.35. The number of carbonyl (C=O) groups excluding carboxylic acids is 1. The highest BCUT2D eigenvalue weighted by molar-refractivity contribution is 6.04. The van der Waals surface area contributed by atoms with E-state index in [1.165, 1.54) is 12.1 Å². The summed E-state index contributed by atoms with van der Waals surface area (Å²) < 4.78 is 43.4. The van der Waals surface area contributed by atoms with Gasteiger partial charge in [0.25, 0.3) is 5.91 Å². The maximum Gasteiger partial charge on any atom is 0.416 e. The number of aromatic nitrogens is 1. The molecule has 0 radical (unpaired) electrons. The number of benzene rings is 2. The van der Waals surface area contributed by atoms with Gasteiger partial charge in [0.05, 0.1) is 24.3 Å². The third-order valence-electron chi connectivity index (χ3n) is 6.26. The van der Waals surface area contributed by atoms with E-state index >= 15 is 0 Å². The molecule has 5 rings (SSSR count). The van der Waals surface area contributed by atoms with E-state index in [0.717, 1.165) is 22.9 Å². The van der Waals surface area contributed by atoms with Gasteiger partial charge in [0, 0.05) is 47.7 Å². The molecule has 1 amide bonds. The Labute approximate surface area is 223 Å². The minimum Gasteiger partial charge on any atom is -0.377 e. The third kappa shape index (κ3) is 5.83. The molecule has 0 unspecified atom stereocenters. The summed E-state index contributed by atoms with van der Waals surface area (Å²) in [6.07, 6.45) is 4.16. The number of nitrogens with zero attached hydrogens (tertiary/aromatic N) is 3. The van der Waals surface area contributed by atoms with Crippen LogP contribution in [-0.2, 0) is 12.7 Å². The molecule has 0 atom stereocenters. The van der Waals surface area contributed by atoms with Crippen molar-refractivity contribution in [1.82, 2.24) is 15.0 Å². The number of anilines is 2. The molecule has 1 aromatic heterocycles. The quantitative estimate of drug-likeness (QED) is 0.374. The predicted octanol–water partition coefficient (Wildman–Crippen LogP) is 5.79. The first-order valence-electron chi connectivity index (χ1n) is 12.2. The van der Waals surface area contributed by atoms with Gasteiger partial charge in [-0.25, -0.2) is 4.99 Å². The molecule has 0 saturated carbocycles. The van der Waals surface area contributed by atoms with Gasteiger partial charge in [0.1, 0.15) is 0 Å². The van der Waals surface area contributed by atoms with Gasteiger partial charge in [-0.1, -0.05) is 12.1 Å². The highest BCUT2D eigenvalue weighted by Crippen LogP contribution is 2.35. The lowest BCUT2D eigenvalue weighted by Crippen LogP contribution is -2.31. The van der Waals surface area contributed by atoms with Crippen molar-refractivity contribution in [2.45, 2.75) is 26.6 Å². The Morgan fingerprint density at radius 2 is 2.00 bits per heavy atom. The number of hydrogen-bond acceptors (Lipinski definition) is 5. The van der Waals surface area contributed by atoms with Gasteiger partial charge < -0.3 is 16.1 Å². The maximum absolute atomic E-state index is 13.9. The molecule has 198 valence electrons. The molecule has 0 aliphatic carbocycles. The molecule has 3 N–H and O–H groups in total. The van der Waals surface area contributed by atoms with Crippen LogP contribution in [0.2, 0.25) is 0 Å². The van der Waals surface area contributed by atoms with Gasteiger partial charge in [0.2, 0.25) is 0 Å². The van der Waals surface area contributed by atoms with Gasteiger partial charge >= 0.3 is 6.18 Å². The average Bonchev–Trinajstić information content (AvgIpc) is 3.33. The van der Waals surface area contributed by atoms with Crippen LogP contribution >= 0.6 is 0 Å². The molecule has 2 aliphatic heterocycles. The number of nitrogens with one attached hydrogen (secondary N) is 3. The fourth-order valence-electron chi connectivity index (χ4n) is 4.11. The summed E-state index contributed by atoms with van der Waals surface area (Å²) in [5.74, 6) is 3.23. The molecular weight excluding hydrogens is 505 g/mol. The number of allylic oxidation sites excluding steroid dienone is 2. The van der Waals surface area contributed by atoms with Crippen LogP contribution in [0.4, 0.5) is 30.4 Å². The summed E-state index contributed by atoms with van der Waals surface area (Å²) in [7, 11) is 0. The zero-order valence-corrected chi connectivity index (χ0v) is 21.2. The van der Waals surface area contributed by atoms with Crippen LogP contribution in [0.1, 0.15) is 39.5 Å². The first kappa shape index (κ1) is 25.7. The van der Waals surface area contributed by atoms with Crippen molar-refractivity contribution < 1.29 is 18.0 Å². The lowest BCUT2D eigenvalue weighted by Gasteiger charge is -2.25. The van der Waals surface area contributed by atoms with E-state index in [-0.39, 0.29) is 23.4 Å². The van der Waals surface area contributed by atoms with Crippen LogP contribution in [0.5, 0.6) is 0 Å². The summed E-state index contributed by atoms with van der Waals surface area (Å²) in [5.41, 5.74) is 5.84. The molecule has 0 spiro atoms. The van der Waals surface area contributed by atoms with Crippen molar-refractivity contribution in [3.05, 3.63) is 101 Å². The number of amides is 1. The van der Waals surface area contributed by atoms with Crippen molar-refractivity contribution in [2.75, 3.05) is 17.2 Å². The number of rotatable bonds is 4. The maximum atomic E-state index is 13.9. The number of hydrazine groups is 1. The van der Waals surface area contributed by atoms with Gasteiger partial charge in [-0.05, 0) is 72.9 Å². The number of halogens is 3. The van der Waals surface area contributed by atoms with Crippen LogP contribution in [0.3, 0.4) is 0 Å². The second-order valence-corrected chi connectivity index (χ2v) is 9.17. The Hall–Kier alpha value is -4.91. The SMILES string of the molecule is CC1=CNN(Cc2ccc(NC(=O)c3ccc(C)c(C#Cn4ccc5c4N=CCN5)c3)cc2C(F)(F)F)C=C1. The normalized spacial score (nSPS) is 14.0. The monoisotopic (exact) mass is 530 g/mol. The highest BCUT2D eigenvalue weighted by atomic mass is 19.4.